The van der Waals surface area contributed by atoms with Crippen LogP contribution in [0.1, 0.15) is 90.9 Å². The molecular weight excluding hydrogens is 971 g/mol. The molecule has 2 N–H and O–H groups in total. The van der Waals surface area contributed by atoms with E-state index >= 15 is 0 Å². The third-order valence-electron chi connectivity index (χ3n) is 12.8. The van der Waals surface area contributed by atoms with Crippen LogP contribution in [-0.4, -0.2) is 66.1 Å². The molecule has 0 radical (unpaired) electrons. The second kappa shape index (κ2) is 23.3. The smallest absolute Gasteiger partial charge is 0.414 e. The van der Waals surface area contributed by atoms with Gasteiger partial charge in [0.2, 0.25) is 5.88 Å². The zero-order chi connectivity index (χ0) is 53.2. The first-order valence-electron chi connectivity index (χ1n) is 25.3. The van der Waals surface area contributed by atoms with Gasteiger partial charge in [0.25, 0.3) is 0 Å². The highest BCUT2D eigenvalue weighted by atomic mass is 32.2. The summed E-state index contributed by atoms with van der Waals surface area (Å²) >= 11 is 1.63. The Balaban J connectivity index is 0.948. The fourth-order valence-electron chi connectivity index (χ4n) is 9.30. The van der Waals surface area contributed by atoms with E-state index in [1.807, 2.05) is 52.6 Å². The standard InChI is InChI=1S/C61H61N9O5S/c1-7-20-54-64-52(41-76-40-43-31-36-55(63-38-43)74-48-34-35-51(62)53(37-48)68(6)59(72)75-60(3,4)5)56(58(71)73-8-2)69(54)39-42-29-32-44(33-30-42)49-27-18-19-28-50(49)57-65-66-67-70(57)61(45-21-12-9-13-22-45,46-23-14-10-15-24-46)47-25-16-11-17-26-47/h9-19,21-38H,7-8,20,39-41,62H2,1-6H3. The molecule has 0 aliphatic rings. The Bertz CT molecular complexity index is 3300. The van der Waals surface area contributed by atoms with Crippen molar-refractivity contribution < 1.29 is 23.8 Å². The minimum Gasteiger partial charge on any atom is -0.461 e. The van der Waals surface area contributed by atoms with E-state index in [-0.39, 0.29) is 6.61 Å². The number of carbonyl (C=O) groups excluding carboxylic acids is 2. The molecule has 3 heterocycles. The number of pyridine rings is 1. The number of amides is 1. The van der Waals surface area contributed by atoms with Gasteiger partial charge in [-0.1, -0.05) is 153 Å². The minimum absolute atomic E-state index is 0.235. The number of imidazole rings is 1. The fourth-order valence-corrected chi connectivity index (χ4v) is 10.2. The molecule has 1 amide bonds. The van der Waals surface area contributed by atoms with E-state index in [0.717, 1.165) is 56.8 Å². The summed E-state index contributed by atoms with van der Waals surface area (Å²) in [5.74, 6) is 2.96. The lowest BCUT2D eigenvalue weighted by Gasteiger charge is -2.36. The number of nitrogens with zero attached hydrogens (tertiary/aromatic N) is 8. The van der Waals surface area contributed by atoms with Crippen molar-refractivity contribution in [3.05, 3.63) is 221 Å². The first-order chi connectivity index (χ1) is 36.9. The second-order valence-corrected chi connectivity index (χ2v) is 20.2. The summed E-state index contributed by atoms with van der Waals surface area (Å²) in [5.41, 5.74) is 14.5. The van der Waals surface area contributed by atoms with Crippen molar-refractivity contribution >= 4 is 35.2 Å². The molecule has 76 heavy (non-hydrogen) atoms. The van der Waals surface area contributed by atoms with Crippen LogP contribution >= 0.6 is 11.8 Å². The normalized spacial score (nSPS) is 11.6. The number of benzene rings is 6. The van der Waals surface area contributed by atoms with Gasteiger partial charge in [0.05, 0.1) is 23.7 Å². The highest BCUT2D eigenvalue weighted by molar-refractivity contribution is 7.97. The van der Waals surface area contributed by atoms with Crippen molar-refractivity contribution in [2.24, 2.45) is 0 Å². The molecule has 0 fully saturated rings. The molecule has 0 unspecified atom stereocenters. The Hall–Kier alpha value is -8.56. The van der Waals surface area contributed by atoms with Gasteiger partial charge in [-0.25, -0.2) is 24.2 Å². The number of esters is 1. The predicted molar refractivity (Wildman–Crippen MR) is 299 cm³/mol. The van der Waals surface area contributed by atoms with Crippen LogP contribution in [0, 0.1) is 0 Å². The van der Waals surface area contributed by atoms with E-state index < -0.39 is 23.2 Å². The summed E-state index contributed by atoms with van der Waals surface area (Å²) in [6.45, 7) is 10.0. The van der Waals surface area contributed by atoms with Crippen LogP contribution in [0.2, 0.25) is 0 Å². The van der Waals surface area contributed by atoms with Crippen LogP contribution in [0.15, 0.2) is 176 Å². The Kier molecular flexibility index (Phi) is 16.1. The molecule has 9 aromatic rings. The summed E-state index contributed by atoms with van der Waals surface area (Å²) in [4.78, 5) is 37.6. The Morgan fingerprint density at radius 3 is 1.93 bits per heavy atom. The largest absolute Gasteiger partial charge is 0.461 e. The zero-order valence-electron chi connectivity index (χ0n) is 43.6. The highest BCUT2D eigenvalue weighted by Gasteiger charge is 2.42. The summed E-state index contributed by atoms with van der Waals surface area (Å²) in [6.07, 6.45) is 2.76. The van der Waals surface area contributed by atoms with Gasteiger partial charge in [-0.2, -0.15) is 11.8 Å². The summed E-state index contributed by atoms with van der Waals surface area (Å²) in [6, 6.07) is 56.6. The van der Waals surface area contributed by atoms with Crippen molar-refractivity contribution in [2.45, 2.75) is 76.7 Å². The summed E-state index contributed by atoms with van der Waals surface area (Å²) in [7, 11) is 1.60. The molecule has 0 aliphatic carbocycles. The molecule has 0 saturated carbocycles. The third kappa shape index (κ3) is 11.4. The van der Waals surface area contributed by atoms with Gasteiger partial charge in [0.1, 0.15) is 22.7 Å². The maximum atomic E-state index is 13.9. The van der Waals surface area contributed by atoms with Crippen LogP contribution < -0.4 is 15.4 Å². The number of nitrogen functional groups attached to an aromatic ring is 1. The Morgan fingerprint density at radius 1 is 0.724 bits per heavy atom. The second-order valence-electron chi connectivity index (χ2n) is 19.2. The number of rotatable bonds is 19. The number of aromatic nitrogens is 7. The maximum Gasteiger partial charge on any atom is 0.414 e. The van der Waals surface area contributed by atoms with Crippen molar-refractivity contribution in [2.75, 3.05) is 24.3 Å². The van der Waals surface area contributed by atoms with E-state index in [0.29, 0.717) is 64.7 Å². The monoisotopic (exact) mass is 1030 g/mol. The van der Waals surface area contributed by atoms with Gasteiger partial charge in [-0.15, -0.1) is 5.10 Å². The topological polar surface area (TPSA) is 165 Å². The van der Waals surface area contributed by atoms with Gasteiger partial charge in [-0.05, 0) is 95.6 Å². The molecule has 0 saturated heterocycles. The number of hydrogen-bond donors (Lipinski definition) is 1. The minimum atomic E-state index is -0.913. The van der Waals surface area contributed by atoms with E-state index in [1.165, 1.54) is 4.90 Å². The molecular formula is C61H61N9O5S. The van der Waals surface area contributed by atoms with Crippen molar-refractivity contribution in [3.63, 3.8) is 0 Å². The van der Waals surface area contributed by atoms with Gasteiger partial charge in [0.15, 0.2) is 11.5 Å². The number of ether oxygens (including phenoxy) is 3. The molecule has 386 valence electrons. The van der Waals surface area contributed by atoms with Gasteiger partial charge in [0, 0.05) is 55.4 Å². The highest BCUT2D eigenvalue weighted by Crippen LogP contribution is 2.43. The maximum absolute atomic E-state index is 13.9. The van der Waals surface area contributed by atoms with E-state index in [4.69, 9.17) is 35.2 Å². The number of hydrogen-bond acceptors (Lipinski definition) is 12. The first-order valence-corrected chi connectivity index (χ1v) is 26.5. The lowest BCUT2D eigenvalue weighted by Crippen LogP contribution is -2.39. The van der Waals surface area contributed by atoms with Gasteiger partial charge in [-0.3, -0.25) is 4.90 Å². The molecule has 14 nitrogen and oxygen atoms in total. The molecule has 0 bridgehead atoms. The van der Waals surface area contributed by atoms with Crippen LogP contribution in [0.3, 0.4) is 0 Å². The van der Waals surface area contributed by atoms with E-state index in [9.17, 15) is 9.59 Å². The van der Waals surface area contributed by atoms with Crippen molar-refractivity contribution in [3.8, 4) is 34.1 Å². The van der Waals surface area contributed by atoms with Crippen LogP contribution in [0.5, 0.6) is 11.6 Å². The van der Waals surface area contributed by atoms with E-state index in [2.05, 4.69) is 126 Å². The lowest BCUT2D eigenvalue weighted by molar-refractivity contribution is 0.0511. The quantitative estimate of drug-likeness (QED) is 0.0463. The molecule has 9 rings (SSSR count). The Morgan fingerprint density at radius 2 is 1.34 bits per heavy atom. The number of tetrazole rings is 1. The fraction of sp³-hybridized carbons (Fsp3) is 0.230. The molecule has 3 aromatic heterocycles. The lowest BCUT2D eigenvalue weighted by atomic mass is 9.77. The van der Waals surface area contributed by atoms with Crippen molar-refractivity contribution in [1.29, 1.82) is 0 Å². The third-order valence-corrected chi connectivity index (χ3v) is 13.8. The van der Waals surface area contributed by atoms with Gasteiger partial charge < -0.3 is 24.5 Å². The van der Waals surface area contributed by atoms with Crippen LogP contribution in [-0.2, 0) is 39.5 Å². The predicted octanol–water partition coefficient (Wildman–Crippen LogP) is 12.8. The molecule has 15 heteroatoms. The Labute approximate surface area is 447 Å². The van der Waals surface area contributed by atoms with Crippen molar-refractivity contribution in [1.82, 2.24) is 34.7 Å². The number of carbonyl (C=O) groups is 2. The average Bonchev–Trinajstić information content (AvgIpc) is 4.10. The SMILES string of the molecule is CCCc1nc(CSCc2ccc(Oc3ccc(N)c(N(C)C(=O)OC(C)(C)C)c3)nc2)c(C(=O)OCC)n1Cc1ccc(-c2ccccc2-c2nnnn2C(c2ccccc2)(c2ccccc2)c2ccccc2)cc1. The molecule has 0 atom stereocenters. The molecule has 0 aliphatic heterocycles. The van der Waals surface area contributed by atoms with Gasteiger partial charge >= 0.3 is 12.1 Å². The molecule has 0 spiro atoms. The summed E-state index contributed by atoms with van der Waals surface area (Å²) < 4.78 is 21.2. The molecule has 6 aromatic carbocycles. The number of aryl methyl sites for hydroxylation is 1. The first kappa shape index (κ1) is 52.3. The number of thioether (sulfide) groups is 1. The summed E-state index contributed by atoms with van der Waals surface area (Å²) in [5, 5.41) is 13.9. The van der Waals surface area contributed by atoms with Crippen LogP contribution in [0.25, 0.3) is 22.5 Å². The number of nitrogens with two attached hydrogens (primary N) is 1. The van der Waals surface area contributed by atoms with Crippen LogP contribution in [0.4, 0.5) is 16.2 Å². The zero-order valence-corrected chi connectivity index (χ0v) is 44.4. The average molecular weight is 1030 g/mol. The number of anilines is 2. The van der Waals surface area contributed by atoms with E-state index in [1.54, 1.807) is 70.0 Å².